The first-order valence-corrected chi connectivity index (χ1v) is 4.71. The summed E-state index contributed by atoms with van der Waals surface area (Å²) in [5.41, 5.74) is 1.28. The molecule has 0 atom stereocenters. The van der Waals surface area contributed by atoms with Gasteiger partial charge in [-0.25, -0.2) is 0 Å². The lowest BCUT2D eigenvalue weighted by Gasteiger charge is -2.27. The Hall–Kier alpha value is -1.02. The first-order valence-electron chi connectivity index (χ1n) is 4.71. The van der Waals surface area contributed by atoms with Crippen LogP contribution in [0.5, 0.6) is 5.75 Å². The van der Waals surface area contributed by atoms with Crippen molar-refractivity contribution in [2.24, 2.45) is 0 Å². The summed E-state index contributed by atoms with van der Waals surface area (Å²) in [7, 11) is 0. The molecular weight excluding hydrogens is 162 g/mol. The second kappa shape index (κ2) is 2.74. The number of hydrogen-bond donors (Lipinski definition) is 0. The molecule has 0 unspecified atom stereocenters. The van der Waals surface area contributed by atoms with Crippen LogP contribution in [-0.4, -0.2) is 11.6 Å². The maximum atomic E-state index is 5.70. The van der Waals surface area contributed by atoms with Crippen molar-refractivity contribution in [3.05, 3.63) is 29.8 Å². The van der Waals surface area contributed by atoms with Crippen molar-refractivity contribution in [3.8, 4) is 5.75 Å². The molecule has 0 aliphatic carbocycles. The van der Waals surface area contributed by atoms with Gasteiger partial charge < -0.3 is 4.84 Å². The number of benzene rings is 1. The van der Waals surface area contributed by atoms with Crippen LogP contribution in [0.1, 0.15) is 26.3 Å². The average molecular weight is 177 g/mol. The number of para-hydroxylation sites is 1. The first kappa shape index (κ1) is 8.57. The Morgan fingerprint density at radius 2 is 2.00 bits per heavy atom. The van der Waals surface area contributed by atoms with E-state index in [2.05, 4.69) is 32.9 Å². The number of nitrogens with zero attached hydrogens (tertiary/aromatic N) is 1. The van der Waals surface area contributed by atoms with Crippen molar-refractivity contribution < 1.29 is 4.84 Å². The summed E-state index contributed by atoms with van der Waals surface area (Å²) in [6, 6.07) is 8.22. The third-order valence-corrected chi connectivity index (χ3v) is 2.67. The highest BCUT2D eigenvalue weighted by atomic mass is 16.7. The zero-order valence-corrected chi connectivity index (χ0v) is 8.37. The van der Waals surface area contributed by atoms with Crippen LogP contribution in [0.4, 0.5) is 0 Å². The van der Waals surface area contributed by atoms with Crippen LogP contribution in [-0.2, 0) is 5.54 Å². The zero-order valence-electron chi connectivity index (χ0n) is 8.37. The predicted molar refractivity (Wildman–Crippen MR) is 52.5 cm³/mol. The zero-order chi connectivity index (χ0) is 9.47. The lowest BCUT2D eigenvalue weighted by Crippen LogP contribution is -2.37. The molecule has 1 aliphatic heterocycles. The smallest absolute Gasteiger partial charge is 0.152 e. The molecule has 13 heavy (non-hydrogen) atoms. The molecule has 70 valence electrons. The van der Waals surface area contributed by atoms with E-state index in [0.29, 0.717) is 0 Å². The summed E-state index contributed by atoms with van der Waals surface area (Å²) in [6.45, 7) is 7.37. The van der Waals surface area contributed by atoms with Gasteiger partial charge >= 0.3 is 0 Å². The number of fused-ring (bicyclic) bond motifs is 1. The molecule has 0 N–H and O–H groups in total. The van der Waals surface area contributed by atoms with Crippen molar-refractivity contribution in [2.75, 3.05) is 6.54 Å². The molecule has 2 nitrogen and oxygen atoms in total. The van der Waals surface area contributed by atoms with E-state index in [-0.39, 0.29) is 5.54 Å². The van der Waals surface area contributed by atoms with Crippen LogP contribution in [0.15, 0.2) is 24.3 Å². The van der Waals surface area contributed by atoms with Crippen molar-refractivity contribution in [1.82, 2.24) is 5.06 Å². The van der Waals surface area contributed by atoms with E-state index in [9.17, 15) is 0 Å². The normalized spacial score (nSPS) is 19.6. The summed E-state index contributed by atoms with van der Waals surface area (Å²) in [4.78, 5) is 5.70. The Labute approximate surface area is 79.1 Å². The molecule has 0 aromatic heterocycles. The molecule has 0 saturated heterocycles. The van der Waals surface area contributed by atoms with Gasteiger partial charge in [0.1, 0.15) is 0 Å². The third kappa shape index (κ3) is 1.13. The van der Waals surface area contributed by atoms with Crippen molar-refractivity contribution >= 4 is 0 Å². The Morgan fingerprint density at radius 3 is 2.62 bits per heavy atom. The minimum Gasteiger partial charge on any atom is -0.405 e. The molecule has 0 amide bonds. The van der Waals surface area contributed by atoms with Crippen molar-refractivity contribution in [1.29, 1.82) is 0 Å². The third-order valence-electron chi connectivity index (χ3n) is 2.67. The summed E-state index contributed by atoms with van der Waals surface area (Å²) in [5.74, 6) is 0.995. The standard InChI is InChI=1S/C11H15NO/c1-4-12-11(2,3)9-7-5-6-8-10(9)13-12/h5-8H,4H2,1-3H3. The SMILES string of the molecule is CCN1Oc2ccccc2C1(C)C. The fourth-order valence-corrected chi connectivity index (χ4v) is 1.88. The molecule has 0 bridgehead atoms. The number of rotatable bonds is 1. The molecule has 1 aliphatic rings. The van der Waals surface area contributed by atoms with E-state index in [1.807, 2.05) is 17.2 Å². The van der Waals surface area contributed by atoms with Gasteiger partial charge in [0.25, 0.3) is 0 Å². The predicted octanol–water partition coefficient (Wildman–Crippen LogP) is 2.55. The van der Waals surface area contributed by atoms with Gasteiger partial charge in [-0.3, -0.25) is 0 Å². The fourth-order valence-electron chi connectivity index (χ4n) is 1.88. The second-order valence-corrected chi connectivity index (χ2v) is 3.84. The summed E-state index contributed by atoms with van der Waals surface area (Å²) in [6.07, 6.45) is 0. The second-order valence-electron chi connectivity index (χ2n) is 3.84. The van der Waals surface area contributed by atoms with E-state index >= 15 is 0 Å². The van der Waals surface area contributed by atoms with Crippen molar-refractivity contribution in [2.45, 2.75) is 26.3 Å². The molecule has 0 saturated carbocycles. The quantitative estimate of drug-likeness (QED) is 0.653. The Bertz CT molecular complexity index is 320. The van der Waals surface area contributed by atoms with Gasteiger partial charge in [-0.2, -0.15) is 0 Å². The molecule has 1 aromatic rings. The van der Waals surface area contributed by atoms with Crippen LogP contribution >= 0.6 is 0 Å². The molecule has 1 heterocycles. The van der Waals surface area contributed by atoms with E-state index in [0.717, 1.165) is 12.3 Å². The molecule has 2 rings (SSSR count). The highest BCUT2D eigenvalue weighted by Gasteiger charge is 2.38. The Morgan fingerprint density at radius 1 is 1.31 bits per heavy atom. The van der Waals surface area contributed by atoms with Crippen LogP contribution in [0.3, 0.4) is 0 Å². The summed E-state index contributed by atoms with van der Waals surface area (Å²) >= 11 is 0. The lowest BCUT2D eigenvalue weighted by molar-refractivity contribution is -0.103. The van der Waals surface area contributed by atoms with Gasteiger partial charge in [-0.1, -0.05) is 18.2 Å². The number of hydroxylamine groups is 2. The van der Waals surface area contributed by atoms with Gasteiger partial charge in [0.15, 0.2) is 5.75 Å². The van der Waals surface area contributed by atoms with Crippen LogP contribution in [0.2, 0.25) is 0 Å². The maximum absolute atomic E-state index is 5.70. The Kier molecular flexibility index (Phi) is 1.81. The van der Waals surface area contributed by atoms with E-state index in [1.54, 1.807) is 0 Å². The highest BCUT2D eigenvalue weighted by Crippen LogP contribution is 2.40. The van der Waals surface area contributed by atoms with Crippen molar-refractivity contribution in [3.63, 3.8) is 0 Å². The number of hydrogen-bond acceptors (Lipinski definition) is 2. The van der Waals surface area contributed by atoms with Crippen LogP contribution in [0, 0.1) is 0 Å². The molecule has 0 spiro atoms. The van der Waals surface area contributed by atoms with Gasteiger partial charge in [0.05, 0.1) is 5.54 Å². The van der Waals surface area contributed by atoms with E-state index < -0.39 is 0 Å². The van der Waals surface area contributed by atoms with Gasteiger partial charge in [0, 0.05) is 12.1 Å². The molecule has 0 fully saturated rings. The Balaban J connectivity index is 2.47. The van der Waals surface area contributed by atoms with E-state index in [4.69, 9.17) is 4.84 Å². The maximum Gasteiger partial charge on any atom is 0.152 e. The highest BCUT2D eigenvalue weighted by molar-refractivity contribution is 5.40. The summed E-state index contributed by atoms with van der Waals surface area (Å²) < 4.78 is 0. The monoisotopic (exact) mass is 177 g/mol. The molecular formula is C11H15NO. The van der Waals surface area contributed by atoms with Gasteiger partial charge in [-0.05, 0) is 26.8 Å². The minimum atomic E-state index is 0.00530. The topological polar surface area (TPSA) is 12.5 Å². The fraction of sp³-hybridized carbons (Fsp3) is 0.455. The van der Waals surface area contributed by atoms with Gasteiger partial charge in [0.2, 0.25) is 0 Å². The largest absolute Gasteiger partial charge is 0.405 e. The van der Waals surface area contributed by atoms with Crippen LogP contribution in [0.25, 0.3) is 0 Å². The van der Waals surface area contributed by atoms with E-state index in [1.165, 1.54) is 5.56 Å². The minimum absolute atomic E-state index is 0.00530. The molecule has 1 aromatic carbocycles. The van der Waals surface area contributed by atoms with Gasteiger partial charge in [-0.15, -0.1) is 5.06 Å². The summed E-state index contributed by atoms with van der Waals surface area (Å²) in [5, 5.41) is 2.01. The molecule has 2 heteroatoms. The van der Waals surface area contributed by atoms with Crippen LogP contribution < -0.4 is 4.84 Å². The molecule has 0 radical (unpaired) electrons. The average Bonchev–Trinajstić information content (AvgIpc) is 2.39. The first-order chi connectivity index (χ1) is 6.16. The lowest BCUT2D eigenvalue weighted by atomic mass is 9.94.